The third-order valence-electron chi connectivity index (χ3n) is 3.58. The summed E-state index contributed by atoms with van der Waals surface area (Å²) in [5.74, 6) is 0.576. The molecule has 2 aliphatic rings. The van der Waals surface area contributed by atoms with Crippen molar-refractivity contribution in [2.45, 2.75) is 18.4 Å². The van der Waals surface area contributed by atoms with Crippen LogP contribution in [0.15, 0.2) is 18.2 Å². The van der Waals surface area contributed by atoms with E-state index in [1.165, 1.54) is 24.2 Å². The predicted molar refractivity (Wildman–Crippen MR) is 63.7 cm³/mol. The number of hydrogen-bond donors (Lipinski definition) is 1. The molecule has 1 saturated heterocycles. The van der Waals surface area contributed by atoms with E-state index in [-0.39, 0.29) is 0 Å². The van der Waals surface area contributed by atoms with Gasteiger partial charge in [-0.05, 0) is 32.1 Å². The van der Waals surface area contributed by atoms with Gasteiger partial charge in [0.05, 0.1) is 0 Å². The van der Waals surface area contributed by atoms with Crippen LogP contribution in [0.2, 0.25) is 5.02 Å². The number of rotatable bonds is 0. The number of likely N-dealkylation sites (tertiary alicyclic amines) is 1. The predicted octanol–water partition coefficient (Wildman–Crippen LogP) is 2.55. The molecule has 80 valence electrons. The van der Waals surface area contributed by atoms with Gasteiger partial charge in [-0.25, -0.2) is 0 Å². The van der Waals surface area contributed by atoms with Crippen molar-refractivity contribution in [2.24, 2.45) is 0 Å². The Bertz CT molecular complexity index is 391. The number of nitrogens with zero attached hydrogens (tertiary/aromatic N) is 1. The molecule has 1 fully saturated rings. The molecule has 0 saturated carbocycles. The van der Waals surface area contributed by atoms with Crippen LogP contribution >= 0.6 is 11.6 Å². The summed E-state index contributed by atoms with van der Waals surface area (Å²) in [6, 6.07) is 6.75. The van der Waals surface area contributed by atoms with Gasteiger partial charge in [0.25, 0.3) is 0 Å². The number of hydrogen-bond acceptors (Lipinski definition) is 2. The molecule has 0 spiro atoms. The van der Waals surface area contributed by atoms with Crippen LogP contribution in [0.4, 0.5) is 5.69 Å². The first-order chi connectivity index (χ1) is 7.25. The Kier molecular flexibility index (Phi) is 2.15. The first kappa shape index (κ1) is 9.49. The maximum Gasteiger partial charge on any atom is 0.0462 e. The molecule has 2 atom stereocenters. The zero-order chi connectivity index (χ0) is 10.4. The molecule has 1 aromatic rings. The van der Waals surface area contributed by atoms with Gasteiger partial charge in [-0.2, -0.15) is 0 Å². The van der Waals surface area contributed by atoms with Crippen LogP contribution in [0.3, 0.4) is 0 Å². The van der Waals surface area contributed by atoms with Gasteiger partial charge in [0.15, 0.2) is 0 Å². The van der Waals surface area contributed by atoms with Gasteiger partial charge >= 0.3 is 0 Å². The Hall–Kier alpha value is -0.730. The molecule has 3 rings (SSSR count). The van der Waals surface area contributed by atoms with Crippen molar-refractivity contribution >= 4 is 17.3 Å². The highest BCUT2D eigenvalue weighted by molar-refractivity contribution is 6.32. The maximum atomic E-state index is 6.28. The average Bonchev–Trinajstić information content (AvgIpc) is 2.57. The molecule has 3 heteroatoms. The van der Waals surface area contributed by atoms with E-state index in [1.807, 2.05) is 12.1 Å². The maximum absolute atomic E-state index is 6.28. The highest BCUT2D eigenvalue weighted by Crippen LogP contribution is 2.43. The van der Waals surface area contributed by atoms with Crippen molar-refractivity contribution in [1.29, 1.82) is 0 Å². The minimum atomic E-state index is 0.576. The molecule has 0 bridgehead atoms. The lowest BCUT2D eigenvalue weighted by atomic mass is 9.90. The fraction of sp³-hybridized carbons (Fsp3) is 0.500. The van der Waals surface area contributed by atoms with Gasteiger partial charge in [-0.15, -0.1) is 0 Å². The van der Waals surface area contributed by atoms with Crippen molar-refractivity contribution in [2.75, 3.05) is 25.5 Å². The molecule has 2 aliphatic heterocycles. The van der Waals surface area contributed by atoms with Gasteiger partial charge < -0.3 is 10.2 Å². The summed E-state index contributed by atoms with van der Waals surface area (Å²) >= 11 is 6.28. The third-order valence-corrected chi connectivity index (χ3v) is 3.91. The third kappa shape index (κ3) is 1.44. The lowest BCUT2D eigenvalue weighted by Gasteiger charge is -2.32. The van der Waals surface area contributed by atoms with Crippen molar-refractivity contribution in [3.63, 3.8) is 0 Å². The van der Waals surface area contributed by atoms with Crippen LogP contribution in [0.5, 0.6) is 0 Å². The molecular weight excluding hydrogens is 208 g/mol. The lowest BCUT2D eigenvalue weighted by Crippen LogP contribution is -2.39. The second-order valence-corrected chi connectivity index (χ2v) is 5.02. The minimum Gasteiger partial charge on any atom is -0.381 e. The van der Waals surface area contributed by atoms with Crippen LogP contribution < -0.4 is 5.32 Å². The standard InChI is InChI=1S/C12H15ClN2/c1-15-6-5-10-8(7-15)12-9(13)3-2-4-11(12)14-10/h2-4,8,10,14H,5-7H2,1H3. The van der Waals surface area contributed by atoms with E-state index in [9.17, 15) is 0 Å². The molecule has 0 aromatic heterocycles. The van der Waals surface area contributed by atoms with Gasteiger partial charge in [0.2, 0.25) is 0 Å². The van der Waals surface area contributed by atoms with Crippen molar-refractivity contribution in [3.05, 3.63) is 28.8 Å². The van der Waals surface area contributed by atoms with E-state index in [0.29, 0.717) is 12.0 Å². The number of nitrogens with one attached hydrogen (secondary N) is 1. The van der Waals surface area contributed by atoms with Crippen LogP contribution in [0.25, 0.3) is 0 Å². The molecule has 2 heterocycles. The van der Waals surface area contributed by atoms with Crippen LogP contribution in [0, 0.1) is 0 Å². The van der Waals surface area contributed by atoms with Crippen LogP contribution in [-0.4, -0.2) is 31.1 Å². The number of halogens is 1. The Labute approximate surface area is 95.2 Å². The Morgan fingerprint density at radius 2 is 2.33 bits per heavy atom. The SMILES string of the molecule is CN1CCC2Nc3cccc(Cl)c3C2C1. The lowest BCUT2D eigenvalue weighted by molar-refractivity contribution is 0.243. The average molecular weight is 223 g/mol. The fourth-order valence-electron chi connectivity index (χ4n) is 2.82. The smallest absolute Gasteiger partial charge is 0.0462 e. The van der Waals surface area contributed by atoms with Crippen molar-refractivity contribution < 1.29 is 0 Å². The van der Waals surface area contributed by atoms with E-state index in [2.05, 4.69) is 23.3 Å². The van der Waals surface area contributed by atoms with Crippen molar-refractivity contribution in [3.8, 4) is 0 Å². The summed E-state index contributed by atoms with van der Waals surface area (Å²) in [5, 5.41) is 4.51. The Balaban J connectivity index is 2.02. The molecule has 1 N–H and O–H groups in total. The first-order valence-electron chi connectivity index (χ1n) is 5.49. The number of likely N-dealkylation sites (N-methyl/N-ethyl adjacent to an activating group) is 1. The summed E-state index contributed by atoms with van der Waals surface area (Å²) in [7, 11) is 2.19. The van der Waals surface area contributed by atoms with Gasteiger partial charge in [0, 0.05) is 34.8 Å². The number of piperidine rings is 1. The van der Waals surface area contributed by atoms with E-state index in [0.717, 1.165) is 11.6 Å². The van der Waals surface area contributed by atoms with E-state index >= 15 is 0 Å². The summed E-state index contributed by atoms with van der Waals surface area (Å²) < 4.78 is 0. The summed E-state index contributed by atoms with van der Waals surface area (Å²) in [5.41, 5.74) is 2.57. The summed E-state index contributed by atoms with van der Waals surface area (Å²) in [6.45, 7) is 2.30. The van der Waals surface area contributed by atoms with Crippen molar-refractivity contribution in [1.82, 2.24) is 4.90 Å². The Morgan fingerprint density at radius 3 is 3.20 bits per heavy atom. The monoisotopic (exact) mass is 222 g/mol. The van der Waals surface area contributed by atoms with Gasteiger partial charge in [-0.3, -0.25) is 0 Å². The number of fused-ring (bicyclic) bond motifs is 3. The first-order valence-corrected chi connectivity index (χ1v) is 5.87. The highest BCUT2D eigenvalue weighted by Gasteiger charge is 2.36. The molecule has 1 aromatic carbocycles. The normalized spacial score (nSPS) is 29.5. The molecule has 0 radical (unpaired) electrons. The van der Waals surface area contributed by atoms with Crippen LogP contribution in [0.1, 0.15) is 17.9 Å². The second-order valence-electron chi connectivity index (χ2n) is 4.61. The molecule has 2 nitrogen and oxygen atoms in total. The second kappa shape index (κ2) is 3.39. The summed E-state index contributed by atoms with van der Waals surface area (Å²) in [4.78, 5) is 2.39. The van der Waals surface area contributed by atoms with Gasteiger partial charge in [0.1, 0.15) is 0 Å². The molecule has 15 heavy (non-hydrogen) atoms. The quantitative estimate of drug-likeness (QED) is 0.726. The fourth-order valence-corrected chi connectivity index (χ4v) is 3.13. The van der Waals surface area contributed by atoms with Gasteiger partial charge in [-0.1, -0.05) is 17.7 Å². The number of anilines is 1. The molecule has 0 amide bonds. The minimum absolute atomic E-state index is 0.576. The number of benzene rings is 1. The van der Waals surface area contributed by atoms with E-state index < -0.39 is 0 Å². The van der Waals surface area contributed by atoms with Crippen LogP contribution in [-0.2, 0) is 0 Å². The topological polar surface area (TPSA) is 15.3 Å². The molecule has 0 aliphatic carbocycles. The Morgan fingerprint density at radius 1 is 1.47 bits per heavy atom. The van der Waals surface area contributed by atoms with E-state index in [1.54, 1.807) is 0 Å². The largest absolute Gasteiger partial charge is 0.381 e. The molecular formula is C12H15ClN2. The summed E-state index contributed by atoms with van der Waals surface area (Å²) in [6.07, 6.45) is 1.21. The van der Waals surface area contributed by atoms with E-state index in [4.69, 9.17) is 11.6 Å². The molecule has 2 unspecified atom stereocenters. The highest BCUT2D eigenvalue weighted by atomic mass is 35.5. The zero-order valence-corrected chi connectivity index (χ0v) is 9.59. The zero-order valence-electron chi connectivity index (χ0n) is 8.83.